The predicted molar refractivity (Wildman–Crippen MR) is 110 cm³/mol. The maximum absolute atomic E-state index is 12.7. The van der Waals surface area contributed by atoms with Gasteiger partial charge in [-0.3, -0.25) is 10.1 Å². The van der Waals surface area contributed by atoms with E-state index in [1.54, 1.807) is 35.2 Å². The molecular formula is C19H17ClN4O4S. The van der Waals surface area contributed by atoms with E-state index in [0.29, 0.717) is 41.1 Å². The second kappa shape index (κ2) is 8.14. The summed E-state index contributed by atoms with van der Waals surface area (Å²) in [5.41, 5.74) is 1.39. The van der Waals surface area contributed by atoms with Crippen molar-refractivity contribution in [3.05, 3.63) is 57.9 Å². The Kier molecular flexibility index (Phi) is 5.41. The number of halogens is 1. The van der Waals surface area contributed by atoms with E-state index in [9.17, 15) is 9.59 Å². The van der Waals surface area contributed by atoms with Gasteiger partial charge in [0, 0.05) is 22.9 Å². The number of amides is 3. The van der Waals surface area contributed by atoms with Crippen molar-refractivity contribution in [1.82, 2.24) is 9.88 Å². The highest BCUT2D eigenvalue weighted by Gasteiger charge is 2.25. The molecule has 0 bridgehead atoms. The summed E-state index contributed by atoms with van der Waals surface area (Å²) in [6, 6.07) is 8.00. The topological polar surface area (TPSA) is 96.7 Å². The summed E-state index contributed by atoms with van der Waals surface area (Å²) in [5.74, 6) is 0.388. The second-order valence-corrected chi connectivity index (χ2v) is 7.79. The van der Waals surface area contributed by atoms with Gasteiger partial charge in [0.2, 0.25) is 0 Å². The van der Waals surface area contributed by atoms with Gasteiger partial charge in [-0.2, -0.15) is 0 Å². The van der Waals surface area contributed by atoms with Crippen molar-refractivity contribution < 1.29 is 18.7 Å². The van der Waals surface area contributed by atoms with Crippen molar-refractivity contribution in [3.63, 3.8) is 0 Å². The summed E-state index contributed by atoms with van der Waals surface area (Å²) in [5, 5.41) is 6.55. The minimum Gasteiger partial charge on any atom is -0.495 e. The van der Waals surface area contributed by atoms with Crippen LogP contribution in [-0.4, -0.2) is 35.5 Å². The van der Waals surface area contributed by atoms with Crippen molar-refractivity contribution in [2.45, 2.75) is 13.0 Å². The normalized spacial score (nSPS) is 13.0. The number of aromatic nitrogens is 1. The molecule has 0 saturated carbocycles. The first kappa shape index (κ1) is 19.3. The van der Waals surface area contributed by atoms with Gasteiger partial charge >= 0.3 is 6.03 Å². The predicted octanol–water partition coefficient (Wildman–Crippen LogP) is 4.24. The Labute approximate surface area is 175 Å². The molecule has 0 saturated heterocycles. The molecule has 29 heavy (non-hydrogen) atoms. The largest absolute Gasteiger partial charge is 0.495 e. The van der Waals surface area contributed by atoms with E-state index in [1.807, 2.05) is 0 Å². The maximum Gasteiger partial charge on any atom is 0.322 e. The van der Waals surface area contributed by atoms with Crippen LogP contribution in [0.3, 0.4) is 0 Å². The number of carbonyl (C=O) groups is 2. The van der Waals surface area contributed by atoms with Gasteiger partial charge in [-0.25, -0.2) is 9.78 Å². The average Bonchev–Trinajstić information content (AvgIpc) is 3.37. The van der Waals surface area contributed by atoms with Crippen molar-refractivity contribution in [1.29, 1.82) is 0 Å². The van der Waals surface area contributed by atoms with Crippen LogP contribution in [0.25, 0.3) is 0 Å². The first-order valence-electron chi connectivity index (χ1n) is 8.76. The Morgan fingerprint density at radius 2 is 2.17 bits per heavy atom. The molecule has 0 atom stereocenters. The molecule has 0 spiro atoms. The number of ether oxygens (including phenoxy) is 1. The zero-order valence-corrected chi connectivity index (χ0v) is 17.0. The second-order valence-electron chi connectivity index (χ2n) is 6.27. The van der Waals surface area contributed by atoms with Crippen LogP contribution in [0.15, 0.2) is 41.0 Å². The maximum atomic E-state index is 12.7. The van der Waals surface area contributed by atoms with E-state index >= 15 is 0 Å². The van der Waals surface area contributed by atoms with Gasteiger partial charge < -0.3 is 19.4 Å². The highest BCUT2D eigenvalue weighted by Crippen LogP contribution is 2.31. The summed E-state index contributed by atoms with van der Waals surface area (Å²) in [6.07, 6.45) is 2.04. The number of anilines is 2. The fourth-order valence-electron chi connectivity index (χ4n) is 2.96. The summed E-state index contributed by atoms with van der Waals surface area (Å²) in [7, 11) is 1.53. The first-order valence-corrected chi connectivity index (χ1v) is 9.96. The summed E-state index contributed by atoms with van der Waals surface area (Å²) in [6.45, 7) is 0.912. The minimum absolute atomic E-state index is 0.217. The summed E-state index contributed by atoms with van der Waals surface area (Å²) in [4.78, 5) is 31.9. The number of carbonyl (C=O) groups excluding carboxylic acids is 2. The standard InChI is InChI=1S/C19H17ClN4O4S/c1-27-14-5-4-11(20)9-13(14)22-19(26)24-7-6-12-16(10-24)29-18(21-12)23-17(25)15-3-2-8-28-15/h2-5,8-9H,6-7,10H2,1H3,(H,22,26)(H,21,23,25). The van der Waals surface area contributed by atoms with Crippen molar-refractivity contribution >= 4 is 45.7 Å². The molecule has 1 aromatic carbocycles. The summed E-state index contributed by atoms with van der Waals surface area (Å²) >= 11 is 7.37. The Bertz CT molecular complexity index is 1050. The van der Waals surface area contributed by atoms with E-state index in [2.05, 4.69) is 15.6 Å². The van der Waals surface area contributed by atoms with Crippen LogP contribution in [0.4, 0.5) is 15.6 Å². The van der Waals surface area contributed by atoms with Crippen molar-refractivity contribution in [2.24, 2.45) is 0 Å². The Morgan fingerprint density at radius 3 is 2.93 bits per heavy atom. The fraction of sp³-hybridized carbons (Fsp3) is 0.211. The van der Waals surface area contributed by atoms with Gasteiger partial charge in [0.25, 0.3) is 5.91 Å². The number of hydrogen-bond acceptors (Lipinski definition) is 6. The van der Waals surface area contributed by atoms with Crippen molar-refractivity contribution in [2.75, 3.05) is 24.3 Å². The molecule has 3 amide bonds. The number of benzene rings is 1. The van der Waals surface area contributed by atoms with Gasteiger partial charge in [0.05, 0.1) is 31.3 Å². The molecule has 4 rings (SSSR count). The molecule has 2 N–H and O–H groups in total. The van der Waals surface area contributed by atoms with Crippen LogP contribution in [-0.2, 0) is 13.0 Å². The third-order valence-electron chi connectivity index (χ3n) is 4.39. The van der Waals surface area contributed by atoms with Gasteiger partial charge in [0.1, 0.15) is 5.75 Å². The lowest BCUT2D eigenvalue weighted by Crippen LogP contribution is -2.38. The zero-order chi connectivity index (χ0) is 20.4. The number of methoxy groups -OCH3 is 1. The number of nitrogens with one attached hydrogen (secondary N) is 2. The van der Waals surface area contributed by atoms with Crippen LogP contribution in [0.1, 0.15) is 21.1 Å². The number of nitrogens with zero attached hydrogens (tertiary/aromatic N) is 2. The van der Waals surface area contributed by atoms with Gasteiger partial charge in [-0.15, -0.1) is 0 Å². The average molecular weight is 433 g/mol. The van der Waals surface area contributed by atoms with Crippen molar-refractivity contribution in [3.8, 4) is 5.75 Å². The molecule has 0 unspecified atom stereocenters. The van der Waals surface area contributed by atoms with E-state index in [0.717, 1.165) is 10.6 Å². The summed E-state index contributed by atoms with van der Waals surface area (Å²) < 4.78 is 10.4. The molecule has 3 aromatic rings. The van der Waals surface area contributed by atoms with E-state index < -0.39 is 0 Å². The number of hydrogen-bond donors (Lipinski definition) is 2. The Balaban J connectivity index is 1.43. The van der Waals surface area contributed by atoms with Gasteiger partial charge in [-0.1, -0.05) is 22.9 Å². The Morgan fingerprint density at radius 1 is 1.31 bits per heavy atom. The molecule has 1 aliphatic heterocycles. The monoisotopic (exact) mass is 432 g/mol. The molecule has 10 heteroatoms. The fourth-order valence-corrected chi connectivity index (χ4v) is 4.15. The van der Waals surface area contributed by atoms with Gasteiger partial charge in [-0.05, 0) is 30.3 Å². The molecule has 150 valence electrons. The molecule has 0 aliphatic carbocycles. The molecule has 8 nitrogen and oxygen atoms in total. The Hall–Kier alpha value is -3.04. The van der Waals surface area contributed by atoms with Crippen LogP contribution < -0.4 is 15.4 Å². The number of thiazole rings is 1. The van der Waals surface area contributed by atoms with E-state index in [-0.39, 0.29) is 17.7 Å². The third kappa shape index (κ3) is 4.20. The van der Waals surface area contributed by atoms with E-state index in [1.165, 1.54) is 24.7 Å². The van der Waals surface area contributed by atoms with Crippen LogP contribution in [0.2, 0.25) is 5.02 Å². The molecule has 0 fully saturated rings. The lowest BCUT2D eigenvalue weighted by atomic mass is 10.2. The number of rotatable bonds is 4. The van der Waals surface area contributed by atoms with Crippen LogP contribution in [0.5, 0.6) is 5.75 Å². The molecule has 3 heterocycles. The molecule has 2 aromatic heterocycles. The van der Waals surface area contributed by atoms with Gasteiger partial charge in [0.15, 0.2) is 10.9 Å². The molecule has 1 aliphatic rings. The van der Waals surface area contributed by atoms with Crippen LogP contribution in [0, 0.1) is 0 Å². The van der Waals surface area contributed by atoms with Crippen LogP contribution >= 0.6 is 22.9 Å². The molecule has 0 radical (unpaired) electrons. The highest BCUT2D eigenvalue weighted by molar-refractivity contribution is 7.15. The quantitative estimate of drug-likeness (QED) is 0.642. The lowest BCUT2D eigenvalue weighted by molar-refractivity contribution is 0.0996. The zero-order valence-electron chi connectivity index (χ0n) is 15.4. The minimum atomic E-state index is -0.358. The number of fused-ring (bicyclic) bond motifs is 1. The van der Waals surface area contributed by atoms with E-state index in [4.69, 9.17) is 20.8 Å². The number of furan rings is 1. The lowest BCUT2D eigenvalue weighted by Gasteiger charge is -2.26. The number of urea groups is 1. The smallest absolute Gasteiger partial charge is 0.322 e. The first-order chi connectivity index (χ1) is 14.0. The SMILES string of the molecule is COc1ccc(Cl)cc1NC(=O)N1CCc2nc(NC(=O)c3ccco3)sc2C1. The molecular weight excluding hydrogens is 416 g/mol. The third-order valence-corrected chi connectivity index (χ3v) is 5.62. The highest BCUT2D eigenvalue weighted by atomic mass is 35.5.